The summed E-state index contributed by atoms with van der Waals surface area (Å²) in [7, 11) is 0. The van der Waals surface area contributed by atoms with Crippen molar-refractivity contribution in [2.75, 3.05) is 13.1 Å². The number of amides is 3. The Morgan fingerprint density at radius 3 is 2.29 bits per heavy atom. The fourth-order valence-electron chi connectivity index (χ4n) is 3.40. The minimum Gasteiger partial charge on any atom is -0.444 e. The molecule has 2 aromatic rings. The first kappa shape index (κ1) is 26.5. The van der Waals surface area contributed by atoms with E-state index in [1.165, 1.54) is 4.90 Å². The van der Waals surface area contributed by atoms with Gasteiger partial charge in [-0.25, -0.2) is 4.79 Å². The maximum absolute atomic E-state index is 13.4. The molecule has 2 rings (SSSR count). The van der Waals surface area contributed by atoms with Gasteiger partial charge in [-0.05, 0) is 44.4 Å². The van der Waals surface area contributed by atoms with Gasteiger partial charge in [0.05, 0.1) is 0 Å². The van der Waals surface area contributed by atoms with Gasteiger partial charge in [-0.2, -0.15) is 0 Å². The topological polar surface area (TPSA) is 87.7 Å². The Morgan fingerprint density at radius 1 is 1.03 bits per heavy atom. The molecule has 0 radical (unpaired) electrons. The molecule has 0 saturated heterocycles. The van der Waals surface area contributed by atoms with E-state index in [2.05, 4.69) is 16.6 Å². The van der Waals surface area contributed by atoms with Crippen LogP contribution in [0.1, 0.15) is 56.8 Å². The van der Waals surface area contributed by atoms with Crippen LogP contribution in [0.3, 0.4) is 0 Å². The lowest BCUT2D eigenvalue weighted by atomic mass is 9.98. The van der Waals surface area contributed by atoms with Gasteiger partial charge in [0.1, 0.15) is 18.2 Å². The van der Waals surface area contributed by atoms with Gasteiger partial charge >= 0.3 is 6.09 Å². The molecule has 180 valence electrons. The number of rotatable bonds is 9. The highest BCUT2D eigenvalue weighted by Gasteiger charge is 2.32. The van der Waals surface area contributed by atoms with E-state index < -0.39 is 23.6 Å². The molecule has 2 N–H and O–H groups in total. The van der Waals surface area contributed by atoms with Crippen molar-refractivity contribution >= 4 is 17.9 Å². The van der Waals surface area contributed by atoms with E-state index in [1.54, 1.807) is 45.0 Å². The Bertz CT molecular complexity index is 1020. The molecule has 0 spiro atoms. The summed E-state index contributed by atoms with van der Waals surface area (Å²) in [6, 6.07) is 15.6. The van der Waals surface area contributed by atoms with Gasteiger partial charge in [0, 0.05) is 18.7 Å². The van der Waals surface area contributed by atoms with Gasteiger partial charge < -0.3 is 20.3 Å². The second kappa shape index (κ2) is 12.4. The van der Waals surface area contributed by atoms with Crippen LogP contribution in [-0.4, -0.2) is 41.5 Å². The van der Waals surface area contributed by atoms with Crippen LogP contribution in [0.4, 0.5) is 4.79 Å². The van der Waals surface area contributed by atoms with E-state index >= 15 is 0 Å². The van der Waals surface area contributed by atoms with Crippen molar-refractivity contribution in [3.63, 3.8) is 0 Å². The first-order valence-corrected chi connectivity index (χ1v) is 11.3. The molecule has 34 heavy (non-hydrogen) atoms. The van der Waals surface area contributed by atoms with Gasteiger partial charge in [-0.1, -0.05) is 61.4 Å². The zero-order valence-corrected chi connectivity index (χ0v) is 20.3. The van der Waals surface area contributed by atoms with Crippen molar-refractivity contribution in [2.24, 2.45) is 0 Å². The average molecular weight is 464 g/mol. The number of carbonyl (C=O) groups excluding carboxylic acids is 3. The van der Waals surface area contributed by atoms with Gasteiger partial charge in [-0.3, -0.25) is 9.59 Å². The smallest absolute Gasteiger partial charge is 0.408 e. The molecule has 1 atom stereocenters. The highest BCUT2D eigenvalue weighted by atomic mass is 16.6. The third-order valence-corrected chi connectivity index (χ3v) is 4.85. The summed E-state index contributed by atoms with van der Waals surface area (Å²) in [4.78, 5) is 40.2. The van der Waals surface area contributed by atoms with Crippen LogP contribution in [0.15, 0.2) is 54.6 Å². The lowest BCUT2D eigenvalue weighted by molar-refractivity contribution is -0.140. The van der Waals surface area contributed by atoms with Crippen molar-refractivity contribution < 1.29 is 19.1 Å². The molecule has 0 fully saturated rings. The van der Waals surface area contributed by atoms with Gasteiger partial charge in [0.15, 0.2) is 0 Å². The Balaban J connectivity index is 2.31. The van der Waals surface area contributed by atoms with Crippen LogP contribution in [0.2, 0.25) is 0 Å². The molecule has 3 amide bonds. The summed E-state index contributed by atoms with van der Waals surface area (Å²) in [5, 5.41) is 5.41. The number of hydrogen-bond acceptors (Lipinski definition) is 4. The summed E-state index contributed by atoms with van der Waals surface area (Å²) in [6.45, 7) is 7.42. The molecule has 7 heteroatoms. The van der Waals surface area contributed by atoms with Crippen LogP contribution in [0, 0.1) is 12.3 Å². The van der Waals surface area contributed by atoms with E-state index in [0.717, 1.165) is 5.56 Å². The van der Waals surface area contributed by atoms with Crippen LogP contribution in [0.5, 0.6) is 0 Å². The third-order valence-electron chi connectivity index (χ3n) is 4.85. The predicted octanol–water partition coefficient (Wildman–Crippen LogP) is 3.79. The zero-order chi connectivity index (χ0) is 25.1. The molecule has 0 aliphatic rings. The number of nitrogens with zero attached hydrogens (tertiary/aromatic N) is 1. The summed E-state index contributed by atoms with van der Waals surface area (Å²) in [6.07, 6.45) is 5.61. The van der Waals surface area contributed by atoms with Crippen molar-refractivity contribution in [1.29, 1.82) is 0 Å². The number of benzene rings is 2. The average Bonchev–Trinajstić information content (AvgIpc) is 2.80. The molecule has 7 nitrogen and oxygen atoms in total. The zero-order valence-electron chi connectivity index (χ0n) is 20.3. The van der Waals surface area contributed by atoms with Crippen molar-refractivity contribution in [3.8, 4) is 12.3 Å². The predicted molar refractivity (Wildman–Crippen MR) is 132 cm³/mol. The van der Waals surface area contributed by atoms with E-state index in [1.807, 2.05) is 37.3 Å². The van der Waals surface area contributed by atoms with Crippen molar-refractivity contribution in [1.82, 2.24) is 15.5 Å². The Labute approximate surface area is 201 Å². The number of carbonyl (C=O) groups is 3. The molecule has 1 unspecified atom stereocenters. The quantitative estimate of drug-likeness (QED) is 0.554. The summed E-state index contributed by atoms with van der Waals surface area (Å²) in [5.41, 5.74) is 1.31. The Kier molecular flexibility index (Phi) is 9.69. The maximum Gasteiger partial charge on any atom is 0.408 e. The van der Waals surface area contributed by atoms with E-state index in [9.17, 15) is 14.4 Å². The van der Waals surface area contributed by atoms with Gasteiger partial charge in [0.2, 0.25) is 11.8 Å². The number of hydrogen-bond donors (Lipinski definition) is 2. The minimum atomic E-state index is -0.955. The molecule has 0 aromatic heterocycles. The third kappa shape index (κ3) is 7.96. The monoisotopic (exact) mass is 463 g/mol. The fraction of sp³-hybridized carbons (Fsp3) is 0.370. The van der Waals surface area contributed by atoms with Gasteiger partial charge in [0.25, 0.3) is 0 Å². The normalized spacial score (nSPS) is 11.6. The fourth-order valence-corrected chi connectivity index (χ4v) is 3.40. The van der Waals surface area contributed by atoms with Crippen LogP contribution in [-0.2, 0) is 20.9 Å². The van der Waals surface area contributed by atoms with Crippen molar-refractivity contribution in [2.45, 2.75) is 52.3 Å². The lowest BCUT2D eigenvalue weighted by Crippen LogP contribution is -2.48. The Morgan fingerprint density at radius 2 is 1.68 bits per heavy atom. The summed E-state index contributed by atoms with van der Waals surface area (Å²) in [5.74, 6) is 1.84. The molecule has 0 saturated carbocycles. The van der Waals surface area contributed by atoms with E-state index in [0.29, 0.717) is 30.6 Å². The van der Waals surface area contributed by atoms with E-state index in [-0.39, 0.29) is 12.5 Å². The van der Waals surface area contributed by atoms with Crippen LogP contribution >= 0.6 is 0 Å². The highest BCUT2D eigenvalue weighted by Crippen LogP contribution is 2.25. The second-order valence-electron chi connectivity index (χ2n) is 8.78. The number of ether oxygens (including phenoxy) is 1. The number of terminal acetylenes is 1. The minimum absolute atomic E-state index is 0.303. The maximum atomic E-state index is 13.4. The molecule has 0 bridgehead atoms. The summed E-state index contributed by atoms with van der Waals surface area (Å²) < 4.78 is 5.22. The number of nitrogens with one attached hydrogen (secondary N) is 2. The summed E-state index contributed by atoms with van der Waals surface area (Å²) >= 11 is 0. The molecule has 2 aromatic carbocycles. The van der Waals surface area contributed by atoms with Crippen LogP contribution in [0.25, 0.3) is 0 Å². The van der Waals surface area contributed by atoms with E-state index in [4.69, 9.17) is 11.2 Å². The standard InChI is InChI=1S/C27H33N3O4/c1-6-17-30(23(31)19-29-26(33)34-27(3,4)5)24(22-16-12-11-15-21(22)7-2)25(32)28-18-20-13-9-8-10-14-20/h2,8-16,24H,6,17-19H2,1,3-5H3,(H,28,32)(H,29,33). The van der Waals surface area contributed by atoms with Crippen LogP contribution < -0.4 is 10.6 Å². The van der Waals surface area contributed by atoms with Crippen molar-refractivity contribution in [3.05, 3.63) is 71.3 Å². The number of alkyl carbamates (subject to hydrolysis) is 1. The lowest BCUT2D eigenvalue weighted by Gasteiger charge is -2.32. The highest BCUT2D eigenvalue weighted by molar-refractivity contribution is 5.91. The SMILES string of the molecule is C#Cc1ccccc1C(C(=O)NCc1ccccc1)N(CCC)C(=O)CNC(=O)OC(C)(C)C. The van der Waals surface area contributed by atoms with Gasteiger partial charge in [-0.15, -0.1) is 6.42 Å². The molecular weight excluding hydrogens is 430 g/mol. The largest absolute Gasteiger partial charge is 0.444 e. The first-order valence-electron chi connectivity index (χ1n) is 11.3. The molecule has 0 aliphatic heterocycles. The molecule has 0 aliphatic carbocycles. The first-order chi connectivity index (χ1) is 16.2. The molecule has 0 heterocycles. The second-order valence-corrected chi connectivity index (χ2v) is 8.78. The molecular formula is C27H33N3O4. The Hall–Kier alpha value is -3.79.